The van der Waals surface area contributed by atoms with Crippen LogP contribution in [-0.4, -0.2) is 109 Å². The first kappa shape index (κ1) is 41.0. The molecule has 2 bridgehead atoms. The molecule has 3 aliphatic carbocycles. The molecule has 3 saturated carbocycles. The van der Waals surface area contributed by atoms with E-state index in [9.17, 15) is 24.6 Å². The van der Waals surface area contributed by atoms with Gasteiger partial charge in [-0.3, -0.25) is 19.2 Å². The predicted octanol–water partition coefficient (Wildman–Crippen LogP) is 4.03. The largest absolute Gasteiger partial charge is 0.496 e. The normalized spacial score (nSPS) is 30.9. The SMILES string of the molecule is COc1c(CN2O[C@@H](CO)[C@@H]([C@H](C)O)[C@H]2C(=O)NC2C[C@H]3C[C@@H]([C@@H]2C)C3(C)C)cccc1-c1cc(C(=O)N2CCC[C@H]2C(=O)NC2CCC=CN2)cc(N(C)C)c1. The molecule has 3 heterocycles. The highest BCUT2D eigenvalue weighted by molar-refractivity contribution is 6.00. The monoisotopic (exact) mass is 786 g/mol. The maximum Gasteiger partial charge on any atom is 0.254 e. The van der Waals surface area contributed by atoms with Crippen molar-refractivity contribution in [3.8, 4) is 16.9 Å². The number of aliphatic hydroxyl groups excluding tert-OH is 2. The first-order valence-corrected chi connectivity index (χ1v) is 20.8. The molecule has 2 unspecified atom stereocenters. The molecule has 5 fully saturated rings. The third-order valence-electron chi connectivity index (χ3n) is 13.9. The molecular formula is C44H62N6O7. The van der Waals surface area contributed by atoms with Crippen molar-refractivity contribution in [1.29, 1.82) is 0 Å². The Kier molecular flexibility index (Phi) is 11.9. The van der Waals surface area contributed by atoms with Gasteiger partial charge < -0.3 is 40.7 Å². The number of fused-ring (bicyclic) bond motifs is 2. The van der Waals surface area contributed by atoms with E-state index in [1.54, 1.807) is 24.0 Å². The van der Waals surface area contributed by atoms with Gasteiger partial charge in [-0.2, -0.15) is 5.06 Å². The van der Waals surface area contributed by atoms with Gasteiger partial charge in [0.2, 0.25) is 11.8 Å². The van der Waals surface area contributed by atoms with Crippen molar-refractivity contribution in [3.05, 3.63) is 59.8 Å². The molecule has 0 spiro atoms. The second-order valence-corrected chi connectivity index (χ2v) is 17.8. The van der Waals surface area contributed by atoms with E-state index in [0.717, 1.165) is 48.1 Å². The Morgan fingerprint density at radius 1 is 1.11 bits per heavy atom. The molecule has 2 saturated heterocycles. The number of carbonyl (C=O) groups excluding carboxylic acids is 3. The van der Waals surface area contributed by atoms with Crippen molar-refractivity contribution in [2.24, 2.45) is 29.1 Å². The maximum absolute atomic E-state index is 14.3. The van der Waals surface area contributed by atoms with Gasteiger partial charge in [0.05, 0.1) is 32.5 Å². The first-order valence-electron chi connectivity index (χ1n) is 20.8. The number of rotatable bonds is 12. The van der Waals surface area contributed by atoms with Crippen molar-refractivity contribution >= 4 is 23.4 Å². The number of allylic oxidation sites excluding steroid dienone is 1. The summed E-state index contributed by atoms with van der Waals surface area (Å²) in [5, 5.41) is 32.6. The summed E-state index contributed by atoms with van der Waals surface area (Å²) in [7, 11) is 5.43. The van der Waals surface area contributed by atoms with E-state index >= 15 is 0 Å². The number of anilines is 1. The molecule has 5 N–H and O–H groups in total. The molecule has 3 aliphatic heterocycles. The fraction of sp³-hybridized carbons (Fsp3) is 0.614. The van der Waals surface area contributed by atoms with Crippen molar-refractivity contribution < 1.29 is 34.2 Å². The minimum atomic E-state index is -0.917. The van der Waals surface area contributed by atoms with Gasteiger partial charge in [0, 0.05) is 55.0 Å². The summed E-state index contributed by atoms with van der Waals surface area (Å²) in [5.74, 6) is 0.726. The number of hydroxylamine groups is 2. The molecule has 13 nitrogen and oxygen atoms in total. The number of nitrogens with zero attached hydrogens (tertiary/aromatic N) is 3. The van der Waals surface area contributed by atoms with Gasteiger partial charge in [0.15, 0.2) is 0 Å². The minimum absolute atomic E-state index is 0.0224. The van der Waals surface area contributed by atoms with Crippen molar-refractivity contribution in [1.82, 2.24) is 25.9 Å². The van der Waals surface area contributed by atoms with Crippen LogP contribution in [-0.2, 0) is 21.0 Å². The van der Waals surface area contributed by atoms with Crippen molar-refractivity contribution in [2.75, 3.05) is 39.3 Å². The quantitative estimate of drug-likeness (QED) is 0.213. The molecule has 13 heteroatoms. The highest BCUT2D eigenvalue weighted by Crippen LogP contribution is 2.61. The molecule has 0 aromatic heterocycles. The zero-order valence-electron chi connectivity index (χ0n) is 34.5. The van der Waals surface area contributed by atoms with Crippen LogP contribution in [0.4, 0.5) is 5.69 Å². The fourth-order valence-electron chi connectivity index (χ4n) is 10.4. The lowest BCUT2D eigenvalue weighted by atomic mass is 9.45. The number of para-hydroxylation sites is 1. The second-order valence-electron chi connectivity index (χ2n) is 17.8. The summed E-state index contributed by atoms with van der Waals surface area (Å²) in [6, 6.07) is 10.1. The smallest absolute Gasteiger partial charge is 0.254 e. The van der Waals surface area contributed by atoms with E-state index in [2.05, 4.69) is 36.7 Å². The average Bonchev–Trinajstić information content (AvgIpc) is 3.84. The summed E-state index contributed by atoms with van der Waals surface area (Å²) in [4.78, 5) is 52.0. The maximum atomic E-state index is 14.3. The molecular weight excluding hydrogens is 725 g/mol. The Bertz CT molecular complexity index is 1850. The Morgan fingerprint density at radius 2 is 1.89 bits per heavy atom. The van der Waals surface area contributed by atoms with Crippen LogP contribution in [0.5, 0.6) is 5.75 Å². The number of ether oxygens (including phenoxy) is 1. The minimum Gasteiger partial charge on any atom is -0.496 e. The Labute approximate surface area is 337 Å². The molecule has 2 aromatic rings. The van der Waals surface area contributed by atoms with Crippen LogP contribution in [0.1, 0.15) is 82.1 Å². The van der Waals surface area contributed by atoms with Crippen molar-refractivity contribution in [3.63, 3.8) is 0 Å². The van der Waals surface area contributed by atoms with Crippen molar-refractivity contribution in [2.45, 2.75) is 109 Å². The molecule has 6 aliphatic rings. The highest BCUT2D eigenvalue weighted by atomic mass is 16.7. The van der Waals surface area contributed by atoms with Crippen LogP contribution < -0.4 is 25.6 Å². The zero-order valence-corrected chi connectivity index (χ0v) is 34.5. The number of aliphatic hydroxyl groups is 2. The summed E-state index contributed by atoms with van der Waals surface area (Å²) in [6.45, 7) is 8.81. The van der Waals surface area contributed by atoms with Crippen LogP contribution in [0.15, 0.2) is 48.7 Å². The van der Waals surface area contributed by atoms with Gasteiger partial charge in [-0.1, -0.05) is 45.0 Å². The Morgan fingerprint density at radius 3 is 2.54 bits per heavy atom. The van der Waals surface area contributed by atoms with Crippen LogP contribution in [0.3, 0.4) is 0 Å². The van der Waals surface area contributed by atoms with Crippen LogP contribution in [0.2, 0.25) is 0 Å². The first-order chi connectivity index (χ1) is 27.2. The van der Waals surface area contributed by atoms with E-state index in [1.165, 1.54) is 6.42 Å². The number of benzene rings is 2. The van der Waals surface area contributed by atoms with E-state index < -0.39 is 30.2 Å². The third-order valence-corrected chi connectivity index (χ3v) is 13.9. The Balaban J connectivity index is 1.15. The molecule has 2 aromatic carbocycles. The second kappa shape index (κ2) is 16.6. The lowest BCUT2D eigenvalue weighted by Gasteiger charge is -2.62. The fourth-order valence-corrected chi connectivity index (χ4v) is 10.4. The number of likely N-dealkylation sites (tertiary alicyclic amines) is 1. The van der Waals surface area contributed by atoms with E-state index in [0.29, 0.717) is 42.0 Å². The summed E-state index contributed by atoms with van der Waals surface area (Å²) < 4.78 is 6.10. The number of amides is 3. The molecule has 57 heavy (non-hydrogen) atoms. The van der Waals surface area contributed by atoms with E-state index in [4.69, 9.17) is 9.57 Å². The molecule has 10 atom stereocenters. The highest BCUT2D eigenvalue weighted by Gasteiger charge is 2.57. The zero-order chi connectivity index (χ0) is 40.8. The standard InChI is InChI=1S/C44H62N6O7/c1-25-33-21-30(44(33,3)4)22-34(25)46-42(54)39-38(26(2)52)36(24-51)57-50(39)23-27-12-10-13-32(40(27)56-7)28-18-29(20-31(19-28)48(5)6)43(55)49-17-11-14-35(49)41(53)47-37-15-8-9-16-45-37/h9-10,12-13,16,18-20,25-26,30,33-39,45,51-52H,8,11,14-15,17,21-24H2,1-7H3,(H,46,54)(H,47,53)/t25-,26-,30+,33-,34?,35-,36-,37?,38+,39-/m0/s1. The van der Waals surface area contributed by atoms with Gasteiger partial charge in [-0.05, 0) is 98.6 Å². The number of nitrogens with one attached hydrogen (secondary N) is 3. The van der Waals surface area contributed by atoms with Gasteiger partial charge in [0.1, 0.15) is 23.9 Å². The third kappa shape index (κ3) is 7.88. The van der Waals surface area contributed by atoms with E-state index in [1.807, 2.05) is 67.7 Å². The lowest BCUT2D eigenvalue weighted by molar-refractivity contribution is -0.183. The number of hydrogen-bond donors (Lipinski definition) is 5. The van der Waals surface area contributed by atoms with E-state index in [-0.39, 0.29) is 48.5 Å². The summed E-state index contributed by atoms with van der Waals surface area (Å²) in [6.07, 6.45) is 7.15. The predicted molar refractivity (Wildman–Crippen MR) is 218 cm³/mol. The van der Waals surface area contributed by atoms with Crippen LogP contribution >= 0.6 is 0 Å². The number of hydrogen-bond acceptors (Lipinski definition) is 10. The van der Waals surface area contributed by atoms with Crippen LogP contribution in [0.25, 0.3) is 11.1 Å². The molecule has 8 rings (SSSR count). The van der Waals surface area contributed by atoms with Crippen LogP contribution in [0, 0.1) is 29.1 Å². The lowest BCUT2D eigenvalue weighted by Crippen LogP contribution is -2.62. The Hall–Kier alpha value is -4.17. The molecule has 310 valence electrons. The van der Waals surface area contributed by atoms with Gasteiger partial charge in [0.25, 0.3) is 5.91 Å². The summed E-state index contributed by atoms with van der Waals surface area (Å²) >= 11 is 0. The van der Waals surface area contributed by atoms with Gasteiger partial charge in [-0.15, -0.1) is 0 Å². The number of methoxy groups -OCH3 is 1. The average molecular weight is 787 g/mol. The molecule has 3 amide bonds. The van der Waals surface area contributed by atoms with Gasteiger partial charge in [-0.25, -0.2) is 0 Å². The number of carbonyl (C=O) groups is 3. The van der Waals surface area contributed by atoms with Gasteiger partial charge >= 0.3 is 0 Å². The summed E-state index contributed by atoms with van der Waals surface area (Å²) in [5.41, 5.74) is 3.77. The topological polar surface area (TPSA) is 156 Å². The molecule has 0 radical (unpaired) electrons.